The number of nitrogens with one attached hydrogen (secondary N) is 1. The Morgan fingerprint density at radius 1 is 1.89 bits per heavy atom. The van der Waals surface area contributed by atoms with Crippen LogP contribution in [-0.4, -0.2) is 11.0 Å². The van der Waals surface area contributed by atoms with Crippen LogP contribution in [-0.2, 0) is 0 Å². The molecule has 0 fully saturated rings. The number of rotatable bonds is 1. The molecule has 0 spiro atoms. The van der Waals surface area contributed by atoms with E-state index >= 15 is 0 Å². The van der Waals surface area contributed by atoms with Crippen molar-refractivity contribution in [2.75, 3.05) is 0 Å². The number of hydrogen-bond acceptors (Lipinski definition) is 4. The van der Waals surface area contributed by atoms with E-state index in [0.717, 1.165) is 0 Å². The van der Waals surface area contributed by atoms with Crippen molar-refractivity contribution in [2.45, 2.75) is 0 Å². The fraction of sp³-hybridized carbons (Fsp3) is 0. The van der Waals surface area contributed by atoms with E-state index in [4.69, 9.17) is 11.1 Å². The first kappa shape index (κ1) is 6.03. The zero-order valence-corrected chi connectivity index (χ0v) is 5.31. The molecule has 0 aliphatic carbocycles. The van der Waals surface area contributed by atoms with Gasteiger partial charge in [0.1, 0.15) is 0 Å². The van der Waals surface area contributed by atoms with Gasteiger partial charge in [0, 0.05) is 11.6 Å². The van der Waals surface area contributed by atoms with Crippen molar-refractivity contribution in [3.63, 3.8) is 0 Å². The van der Waals surface area contributed by atoms with Crippen molar-refractivity contribution in [3.8, 4) is 5.19 Å². The van der Waals surface area contributed by atoms with E-state index in [2.05, 4.69) is 9.72 Å². The van der Waals surface area contributed by atoms with Crippen molar-refractivity contribution in [1.82, 2.24) is 4.98 Å². The minimum Gasteiger partial charge on any atom is -0.398 e. The molecule has 1 heterocycles. The molecule has 0 unspecified atom stereocenters. The highest BCUT2D eigenvalue weighted by molar-refractivity contribution is 7.11. The molecule has 1 rings (SSSR count). The third-order valence-corrected chi connectivity index (χ3v) is 1.26. The Hall–Kier alpha value is -1.10. The molecule has 0 atom stereocenters. The Labute approximate surface area is 55.8 Å². The number of aromatic nitrogens is 1. The van der Waals surface area contributed by atoms with Crippen LogP contribution in [0.2, 0.25) is 0 Å². The maximum Gasteiger partial charge on any atom is 0.286 e. The molecule has 0 saturated carbocycles. The predicted octanol–water partition coefficient (Wildman–Crippen LogP) is 0.415. The zero-order valence-electron chi connectivity index (χ0n) is 4.50. The predicted molar refractivity (Wildman–Crippen MR) is 34.7 cm³/mol. The number of thiazole rings is 1. The number of ether oxygens (including phenoxy) is 1. The summed E-state index contributed by atoms with van der Waals surface area (Å²) < 4.78 is 4.62. The van der Waals surface area contributed by atoms with Gasteiger partial charge in [0.2, 0.25) is 0 Å². The van der Waals surface area contributed by atoms with E-state index in [1.165, 1.54) is 11.3 Å². The second-order valence-corrected chi connectivity index (χ2v) is 2.12. The molecule has 4 nitrogen and oxygen atoms in total. The largest absolute Gasteiger partial charge is 0.398 e. The minimum absolute atomic E-state index is 0.329. The van der Waals surface area contributed by atoms with Gasteiger partial charge in [-0.05, 0) is 0 Å². The number of amidine groups is 1. The minimum atomic E-state index is -0.329. The summed E-state index contributed by atoms with van der Waals surface area (Å²) in [5.41, 5.74) is 4.91. The fourth-order valence-corrected chi connectivity index (χ4v) is 0.853. The molecule has 0 aliphatic rings. The van der Waals surface area contributed by atoms with Gasteiger partial charge in [-0.15, -0.1) is 0 Å². The lowest BCUT2D eigenvalue weighted by atomic mass is 11.0. The molecule has 5 heteroatoms. The Morgan fingerprint density at radius 2 is 2.67 bits per heavy atom. The van der Waals surface area contributed by atoms with Crippen molar-refractivity contribution in [3.05, 3.63) is 11.6 Å². The van der Waals surface area contributed by atoms with E-state index in [9.17, 15) is 0 Å². The van der Waals surface area contributed by atoms with Gasteiger partial charge in [0.05, 0.1) is 0 Å². The first-order valence-electron chi connectivity index (χ1n) is 2.20. The van der Waals surface area contributed by atoms with E-state index in [1.54, 1.807) is 11.6 Å². The molecule has 48 valence electrons. The van der Waals surface area contributed by atoms with Gasteiger partial charge in [-0.25, -0.2) is 4.98 Å². The monoisotopic (exact) mass is 143 g/mol. The highest BCUT2D eigenvalue weighted by Crippen LogP contribution is 2.12. The van der Waals surface area contributed by atoms with Crippen LogP contribution < -0.4 is 10.5 Å². The third kappa shape index (κ3) is 1.69. The van der Waals surface area contributed by atoms with Crippen LogP contribution in [0.5, 0.6) is 5.19 Å². The van der Waals surface area contributed by atoms with Crippen molar-refractivity contribution < 1.29 is 4.74 Å². The Kier molecular flexibility index (Phi) is 1.64. The quantitative estimate of drug-likeness (QED) is 0.442. The lowest BCUT2D eigenvalue weighted by Crippen LogP contribution is -2.17. The summed E-state index contributed by atoms with van der Waals surface area (Å²) >= 11 is 1.30. The van der Waals surface area contributed by atoms with Crippen LogP contribution in [0.25, 0.3) is 0 Å². The Bertz CT molecular complexity index is 196. The lowest BCUT2D eigenvalue weighted by Gasteiger charge is -1.93. The molecule has 0 bridgehead atoms. The van der Waals surface area contributed by atoms with Crippen LogP contribution in [0, 0.1) is 5.41 Å². The van der Waals surface area contributed by atoms with Gasteiger partial charge in [-0.3, -0.25) is 5.41 Å². The normalized spacial score (nSPS) is 8.89. The van der Waals surface area contributed by atoms with E-state index < -0.39 is 0 Å². The van der Waals surface area contributed by atoms with Crippen LogP contribution >= 0.6 is 11.3 Å². The van der Waals surface area contributed by atoms with Crippen molar-refractivity contribution in [2.24, 2.45) is 5.73 Å². The maximum atomic E-state index is 6.69. The van der Waals surface area contributed by atoms with Crippen LogP contribution in [0.4, 0.5) is 0 Å². The highest BCUT2D eigenvalue weighted by atomic mass is 32.1. The summed E-state index contributed by atoms with van der Waals surface area (Å²) in [7, 11) is 0. The molecule has 0 aromatic carbocycles. The van der Waals surface area contributed by atoms with Gasteiger partial charge in [0.25, 0.3) is 11.2 Å². The Balaban J connectivity index is 2.58. The molecule has 0 radical (unpaired) electrons. The number of hydrogen-bond donors (Lipinski definition) is 2. The van der Waals surface area contributed by atoms with E-state index in [0.29, 0.717) is 5.19 Å². The van der Waals surface area contributed by atoms with Gasteiger partial charge in [-0.1, -0.05) is 11.3 Å². The topological polar surface area (TPSA) is 72.0 Å². The van der Waals surface area contributed by atoms with Crippen LogP contribution in [0.3, 0.4) is 0 Å². The molecule has 0 saturated heterocycles. The lowest BCUT2D eigenvalue weighted by molar-refractivity contribution is 0.532. The molecule has 0 amide bonds. The van der Waals surface area contributed by atoms with Gasteiger partial charge < -0.3 is 10.5 Å². The molecule has 0 aliphatic heterocycles. The SMILES string of the molecule is N=C(N)Oc1nccs1. The summed E-state index contributed by atoms with van der Waals surface area (Å²) in [6, 6.07) is -0.329. The molecule has 3 N–H and O–H groups in total. The highest BCUT2D eigenvalue weighted by Gasteiger charge is 1.94. The van der Waals surface area contributed by atoms with Crippen LogP contribution in [0.15, 0.2) is 11.6 Å². The Morgan fingerprint density at radius 3 is 3.11 bits per heavy atom. The maximum absolute atomic E-state index is 6.69. The standard InChI is InChI=1S/C4H5N3OS/c5-3(6)8-4-7-1-2-9-4/h1-2H,(H3,5,6). The number of nitrogens with two attached hydrogens (primary N) is 1. The summed E-state index contributed by atoms with van der Waals surface area (Å²) in [6.45, 7) is 0. The third-order valence-electron chi connectivity index (χ3n) is 0.607. The number of nitrogens with zero attached hydrogens (tertiary/aromatic N) is 1. The second kappa shape index (κ2) is 2.45. The second-order valence-electron chi connectivity index (χ2n) is 1.26. The van der Waals surface area contributed by atoms with Gasteiger partial charge in [0.15, 0.2) is 0 Å². The summed E-state index contributed by atoms with van der Waals surface area (Å²) in [5.74, 6) is 0. The average Bonchev–Trinajstić information content (AvgIpc) is 2.15. The summed E-state index contributed by atoms with van der Waals surface area (Å²) in [4.78, 5) is 3.73. The molecule has 9 heavy (non-hydrogen) atoms. The van der Waals surface area contributed by atoms with Crippen molar-refractivity contribution in [1.29, 1.82) is 5.41 Å². The van der Waals surface area contributed by atoms with Gasteiger partial charge >= 0.3 is 0 Å². The van der Waals surface area contributed by atoms with E-state index in [1.807, 2.05) is 0 Å². The van der Waals surface area contributed by atoms with Crippen molar-refractivity contribution >= 4 is 17.4 Å². The van der Waals surface area contributed by atoms with E-state index in [-0.39, 0.29) is 6.02 Å². The summed E-state index contributed by atoms with van der Waals surface area (Å²) in [6.07, 6.45) is 1.59. The summed E-state index contributed by atoms with van der Waals surface area (Å²) in [5, 5.41) is 8.85. The molecular weight excluding hydrogens is 138 g/mol. The molecule has 1 aromatic heterocycles. The molecule has 1 aromatic rings. The first-order valence-corrected chi connectivity index (χ1v) is 3.08. The fourth-order valence-electron chi connectivity index (χ4n) is 0.355. The average molecular weight is 143 g/mol. The smallest absolute Gasteiger partial charge is 0.286 e. The molecular formula is C4H5N3OS. The zero-order chi connectivity index (χ0) is 6.69. The van der Waals surface area contributed by atoms with Crippen LogP contribution in [0.1, 0.15) is 0 Å². The van der Waals surface area contributed by atoms with Gasteiger partial charge in [-0.2, -0.15) is 0 Å². The first-order chi connectivity index (χ1) is 4.29.